The van der Waals surface area contributed by atoms with E-state index in [4.69, 9.17) is 14.2 Å². The van der Waals surface area contributed by atoms with Crippen LogP contribution in [0.1, 0.15) is 24.2 Å². The maximum Gasteiger partial charge on any atom is 0.331 e. The van der Waals surface area contributed by atoms with Crippen LogP contribution in [0.5, 0.6) is 5.75 Å². The molecule has 33 heavy (non-hydrogen) atoms. The molecule has 0 N–H and O–H groups in total. The van der Waals surface area contributed by atoms with Crippen LogP contribution < -0.4 is 4.74 Å². The molecule has 170 valence electrons. The first-order chi connectivity index (χ1) is 16.0. The fourth-order valence-corrected chi connectivity index (χ4v) is 2.79. The summed E-state index contributed by atoms with van der Waals surface area (Å²) < 4.78 is 16.1. The fraction of sp³-hybridized carbons (Fsp3) is 0.143. The fourth-order valence-electron chi connectivity index (χ4n) is 2.79. The van der Waals surface area contributed by atoms with Crippen molar-refractivity contribution in [2.75, 3.05) is 13.7 Å². The standard InChI is InChI=1S/C28H28O5/c1-4-9-22(10-5-2)13-19-27(29)32-21-26(24-15-17-25(31-3)18-16-24)33-28(30)20-14-23-11-7-6-8-12-23/h4-20,26H,1,21H2,2-3H3/b10-5-,19-13+,20-14+,22-9+/t26-/m0/s1. The third-order valence-corrected chi connectivity index (χ3v) is 4.42. The van der Waals surface area contributed by atoms with E-state index in [0.29, 0.717) is 11.3 Å². The van der Waals surface area contributed by atoms with Crippen LogP contribution in [0.3, 0.4) is 0 Å². The molecule has 0 heterocycles. The minimum Gasteiger partial charge on any atom is -0.497 e. The lowest BCUT2D eigenvalue weighted by atomic mass is 10.1. The number of rotatable bonds is 11. The van der Waals surface area contributed by atoms with Crippen LogP contribution in [0, 0.1) is 0 Å². The van der Waals surface area contributed by atoms with Crippen molar-refractivity contribution < 1.29 is 23.8 Å². The number of hydrogen-bond donors (Lipinski definition) is 0. The van der Waals surface area contributed by atoms with E-state index < -0.39 is 18.0 Å². The van der Waals surface area contributed by atoms with Crippen LogP contribution in [0.4, 0.5) is 0 Å². The lowest BCUT2D eigenvalue weighted by molar-refractivity contribution is -0.153. The highest BCUT2D eigenvalue weighted by Gasteiger charge is 2.18. The highest BCUT2D eigenvalue weighted by atomic mass is 16.6. The molecule has 0 bridgehead atoms. The van der Waals surface area contributed by atoms with Gasteiger partial charge in [-0.05, 0) is 47.9 Å². The zero-order chi connectivity index (χ0) is 23.9. The number of carbonyl (C=O) groups is 2. The molecular formula is C28H28O5. The van der Waals surface area contributed by atoms with Crippen LogP contribution in [-0.4, -0.2) is 25.7 Å². The summed E-state index contributed by atoms with van der Waals surface area (Å²) in [7, 11) is 1.57. The first-order valence-corrected chi connectivity index (χ1v) is 10.4. The molecule has 2 aromatic rings. The Morgan fingerprint density at radius 3 is 2.30 bits per heavy atom. The van der Waals surface area contributed by atoms with Gasteiger partial charge in [-0.15, -0.1) is 0 Å². The van der Waals surface area contributed by atoms with Crippen molar-refractivity contribution in [3.63, 3.8) is 0 Å². The first-order valence-electron chi connectivity index (χ1n) is 10.4. The Morgan fingerprint density at radius 2 is 1.67 bits per heavy atom. The van der Waals surface area contributed by atoms with Gasteiger partial charge in [0.25, 0.3) is 0 Å². The van der Waals surface area contributed by atoms with Crippen LogP contribution in [-0.2, 0) is 19.1 Å². The summed E-state index contributed by atoms with van der Waals surface area (Å²) in [5.74, 6) is -0.433. The molecule has 0 unspecified atom stereocenters. The molecule has 0 radical (unpaired) electrons. The van der Waals surface area contributed by atoms with Gasteiger partial charge in [-0.25, -0.2) is 9.59 Å². The van der Waals surface area contributed by atoms with E-state index in [9.17, 15) is 9.59 Å². The Bertz CT molecular complexity index is 1030. The van der Waals surface area contributed by atoms with E-state index >= 15 is 0 Å². The average molecular weight is 445 g/mol. The minimum atomic E-state index is -0.778. The van der Waals surface area contributed by atoms with Crippen molar-refractivity contribution in [3.05, 3.63) is 120 Å². The summed E-state index contributed by atoms with van der Waals surface area (Å²) in [5.41, 5.74) is 2.35. The van der Waals surface area contributed by atoms with Gasteiger partial charge in [-0.2, -0.15) is 0 Å². The van der Waals surface area contributed by atoms with Gasteiger partial charge in [-0.3, -0.25) is 0 Å². The maximum atomic E-state index is 12.4. The number of ether oxygens (including phenoxy) is 3. The smallest absolute Gasteiger partial charge is 0.331 e. The molecule has 0 aliphatic rings. The highest BCUT2D eigenvalue weighted by Crippen LogP contribution is 2.22. The van der Waals surface area contributed by atoms with Gasteiger partial charge >= 0.3 is 11.9 Å². The molecule has 2 rings (SSSR count). The van der Waals surface area contributed by atoms with Gasteiger partial charge < -0.3 is 14.2 Å². The lowest BCUT2D eigenvalue weighted by Gasteiger charge is -2.17. The quantitative estimate of drug-likeness (QED) is 0.250. The topological polar surface area (TPSA) is 61.8 Å². The van der Waals surface area contributed by atoms with Crippen LogP contribution in [0.25, 0.3) is 6.08 Å². The van der Waals surface area contributed by atoms with Crippen molar-refractivity contribution in [2.24, 2.45) is 0 Å². The predicted octanol–water partition coefficient (Wildman–Crippen LogP) is 5.78. The third-order valence-electron chi connectivity index (χ3n) is 4.42. The van der Waals surface area contributed by atoms with Gasteiger partial charge in [0.15, 0.2) is 6.10 Å². The molecule has 0 aliphatic carbocycles. The Labute approximate surface area is 195 Å². The summed E-state index contributed by atoms with van der Waals surface area (Å²) in [6, 6.07) is 16.4. The van der Waals surface area contributed by atoms with Gasteiger partial charge in [-0.1, -0.05) is 73.3 Å². The van der Waals surface area contributed by atoms with Crippen LogP contribution in [0.15, 0.2) is 109 Å². The summed E-state index contributed by atoms with van der Waals surface area (Å²) >= 11 is 0. The van der Waals surface area contributed by atoms with Crippen LogP contribution in [0.2, 0.25) is 0 Å². The molecule has 0 fully saturated rings. The second-order valence-corrected chi connectivity index (χ2v) is 6.81. The van der Waals surface area contributed by atoms with Crippen molar-refractivity contribution in [1.29, 1.82) is 0 Å². The van der Waals surface area contributed by atoms with E-state index in [1.54, 1.807) is 55.7 Å². The lowest BCUT2D eigenvalue weighted by Crippen LogP contribution is -2.17. The van der Waals surface area contributed by atoms with Gasteiger partial charge in [0.1, 0.15) is 12.4 Å². The number of methoxy groups -OCH3 is 1. The Balaban J connectivity index is 2.09. The molecule has 0 aliphatic heterocycles. The summed E-state index contributed by atoms with van der Waals surface area (Å²) in [6.45, 7) is 5.40. The zero-order valence-corrected chi connectivity index (χ0v) is 18.8. The molecule has 1 atom stereocenters. The number of carbonyl (C=O) groups excluding carboxylic acids is 2. The Morgan fingerprint density at radius 1 is 0.939 bits per heavy atom. The largest absolute Gasteiger partial charge is 0.497 e. The Hall–Kier alpha value is -4.12. The molecule has 0 saturated heterocycles. The van der Waals surface area contributed by atoms with Gasteiger partial charge in [0.2, 0.25) is 0 Å². The monoisotopic (exact) mass is 444 g/mol. The number of esters is 2. The molecule has 0 saturated carbocycles. The van der Waals surface area contributed by atoms with E-state index in [-0.39, 0.29) is 6.61 Å². The predicted molar refractivity (Wildman–Crippen MR) is 130 cm³/mol. The van der Waals surface area contributed by atoms with E-state index in [2.05, 4.69) is 6.58 Å². The van der Waals surface area contributed by atoms with Crippen molar-refractivity contribution in [2.45, 2.75) is 13.0 Å². The minimum absolute atomic E-state index is 0.134. The SMILES string of the molecule is C=C/C=C(\C=C/C)/C=C/C(=O)OC[C@H](OC(=O)/C=C/c1ccccc1)c1ccc(OC)cc1. The molecular weight excluding hydrogens is 416 g/mol. The van der Waals surface area contributed by atoms with Gasteiger partial charge in [0, 0.05) is 12.2 Å². The van der Waals surface area contributed by atoms with Crippen molar-refractivity contribution >= 4 is 18.0 Å². The normalized spacial score (nSPS) is 12.7. The molecule has 0 spiro atoms. The van der Waals surface area contributed by atoms with E-state index in [0.717, 1.165) is 11.1 Å². The third kappa shape index (κ3) is 9.27. The van der Waals surface area contributed by atoms with Crippen molar-refractivity contribution in [3.8, 4) is 5.75 Å². The average Bonchev–Trinajstić information content (AvgIpc) is 2.84. The second kappa shape index (κ2) is 14.0. The second-order valence-electron chi connectivity index (χ2n) is 6.81. The van der Waals surface area contributed by atoms with Gasteiger partial charge in [0.05, 0.1) is 7.11 Å². The highest BCUT2D eigenvalue weighted by molar-refractivity contribution is 5.87. The number of benzene rings is 2. The van der Waals surface area contributed by atoms with E-state index in [1.807, 2.05) is 49.4 Å². The van der Waals surface area contributed by atoms with E-state index in [1.165, 1.54) is 12.2 Å². The summed E-state index contributed by atoms with van der Waals surface area (Å²) in [6.07, 6.45) is 12.3. The molecule has 2 aromatic carbocycles. The number of hydrogen-bond acceptors (Lipinski definition) is 5. The first kappa shape index (κ1) is 25.1. The molecule has 5 nitrogen and oxygen atoms in total. The Kier molecular flexibility index (Phi) is 10.7. The molecule has 5 heteroatoms. The maximum absolute atomic E-state index is 12.4. The molecule has 0 aromatic heterocycles. The zero-order valence-electron chi connectivity index (χ0n) is 18.8. The van der Waals surface area contributed by atoms with Crippen LogP contribution >= 0.6 is 0 Å². The number of allylic oxidation sites excluding steroid dienone is 6. The summed E-state index contributed by atoms with van der Waals surface area (Å²) in [5, 5.41) is 0. The van der Waals surface area contributed by atoms with Crippen molar-refractivity contribution in [1.82, 2.24) is 0 Å². The molecule has 0 amide bonds. The summed E-state index contributed by atoms with van der Waals surface area (Å²) in [4.78, 5) is 24.6.